The standard InChI is InChI=1S/C60H35N7/c61-36-41-34-39(28-31-50(41)67-52-26-14-10-22-44(52)46-30-33-55-56(59(46)67)47-24-12-15-27-53(47)66(55)43-20-8-3-9-21-43)58-49(37-62)57(38-16-4-1-5-17-38)63-60(64-58)40-29-32-54-48(35-40)45-23-11-13-25-51(45)65(54)42-18-6-2-7-19-42/h1-35H. The highest BCUT2D eigenvalue weighted by Crippen LogP contribution is 2.43. The van der Waals surface area contributed by atoms with Gasteiger partial charge in [0.1, 0.15) is 17.7 Å². The molecule has 0 atom stereocenters. The van der Waals surface area contributed by atoms with Crippen LogP contribution < -0.4 is 0 Å². The summed E-state index contributed by atoms with van der Waals surface area (Å²) in [7, 11) is 0. The molecule has 13 rings (SSSR count). The van der Waals surface area contributed by atoms with E-state index in [0.29, 0.717) is 33.9 Å². The van der Waals surface area contributed by atoms with E-state index >= 15 is 0 Å². The molecule has 310 valence electrons. The Balaban J connectivity index is 1.04. The minimum atomic E-state index is 0.334. The van der Waals surface area contributed by atoms with E-state index in [0.717, 1.165) is 93.6 Å². The van der Waals surface area contributed by atoms with Crippen LogP contribution in [0.25, 0.3) is 116 Å². The molecule has 0 aliphatic heterocycles. The van der Waals surface area contributed by atoms with Crippen LogP contribution in [0.2, 0.25) is 0 Å². The van der Waals surface area contributed by atoms with E-state index in [1.165, 1.54) is 0 Å². The summed E-state index contributed by atoms with van der Waals surface area (Å²) in [5.74, 6) is 0.480. The van der Waals surface area contributed by atoms with E-state index in [1.807, 2.05) is 66.7 Å². The van der Waals surface area contributed by atoms with E-state index in [4.69, 9.17) is 9.97 Å². The lowest BCUT2D eigenvalue weighted by Gasteiger charge is -2.15. The van der Waals surface area contributed by atoms with E-state index in [2.05, 4.69) is 171 Å². The highest BCUT2D eigenvalue weighted by Gasteiger charge is 2.24. The maximum Gasteiger partial charge on any atom is 0.160 e. The van der Waals surface area contributed by atoms with Crippen LogP contribution in [0, 0.1) is 22.7 Å². The van der Waals surface area contributed by atoms with Crippen LogP contribution in [0.3, 0.4) is 0 Å². The molecule has 13 aromatic rings. The number of aromatic nitrogens is 5. The van der Waals surface area contributed by atoms with Gasteiger partial charge < -0.3 is 13.7 Å². The first-order chi connectivity index (χ1) is 33.2. The van der Waals surface area contributed by atoms with Crippen molar-refractivity contribution < 1.29 is 0 Å². The molecule has 0 amide bonds. The monoisotopic (exact) mass is 853 g/mol. The lowest BCUT2D eigenvalue weighted by Crippen LogP contribution is -2.03. The zero-order chi connectivity index (χ0) is 44.6. The van der Waals surface area contributed by atoms with Gasteiger partial charge in [-0.2, -0.15) is 10.5 Å². The van der Waals surface area contributed by atoms with Gasteiger partial charge in [0.2, 0.25) is 0 Å². The average molecular weight is 854 g/mol. The molecule has 0 bridgehead atoms. The van der Waals surface area contributed by atoms with Crippen molar-refractivity contribution in [3.8, 4) is 63.1 Å². The van der Waals surface area contributed by atoms with Crippen LogP contribution in [0.4, 0.5) is 0 Å². The van der Waals surface area contributed by atoms with Gasteiger partial charge in [-0.3, -0.25) is 0 Å². The first-order valence-corrected chi connectivity index (χ1v) is 22.2. The molecule has 0 fully saturated rings. The highest BCUT2D eigenvalue weighted by molar-refractivity contribution is 6.26. The van der Waals surface area contributed by atoms with Crippen LogP contribution in [0.15, 0.2) is 212 Å². The van der Waals surface area contributed by atoms with Crippen LogP contribution in [-0.4, -0.2) is 23.7 Å². The van der Waals surface area contributed by atoms with Crippen molar-refractivity contribution in [1.29, 1.82) is 10.5 Å². The summed E-state index contributed by atoms with van der Waals surface area (Å²) in [6, 6.07) is 77.6. The van der Waals surface area contributed by atoms with Crippen LogP contribution in [-0.2, 0) is 0 Å². The predicted molar refractivity (Wildman–Crippen MR) is 271 cm³/mol. The van der Waals surface area contributed by atoms with Crippen molar-refractivity contribution in [1.82, 2.24) is 23.7 Å². The molecule has 0 spiro atoms. The maximum absolute atomic E-state index is 11.2. The fourth-order valence-electron chi connectivity index (χ4n) is 10.3. The van der Waals surface area contributed by atoms with Crippen molar-refractivity contribution in [2.75, 3.05) is 0 Å². The normalized spacial score (nSPS) is 11.6. The molecular weight excluding hydrogens is 819 g/mol. The van der Waals surface area contributed by atoms with Gasteiger partial charge in [0.25, 0.3) is 0 Å². The summed E-state index contributed by atoms with van der Waals surface area (Å²) in [5.41, 5.74) is 13.2. The summed E-state index contributed by atoms with van der Waals surface area (Å²) in [6.07, 6.45) is 0. The average Bonchev–Trinajstić information content (AvgIpc) is 4.04. The summed E-state index contributed by atoms with van der Waals surface area (Å²) in [6.45, 7) is 0. The number of hydrogen-bond acceptors (Lipinski definition) is 4. The lowest BCUT2D eigenvalue weighted by atomic mass is 9.98. The van der Waals surface area contributed by atoms with E-state index < -0.39 is 0 Å². The predicted octanol–water partition coefficient (Wildman–Crippen LogP) is 14.5. The van der Waals surface area contributed by atoms with Crippen molar-refractivity contribution in [3.05, 3.63) is 223 Å². The Morgan fingerprint density at radius 2 is 0.866 bits per heavy atom. The summed E-state index contributed by atoms with van der Waals surface area (Å²) in [4.78, 5) is 10.4. The fraction of sp³-hybridized carbons (Fsp3) is 0. The minimum Gasteiger partial charge on any atom is -0.309 e. The number of para-hydroxylation sites is 5. The second kappa shape index (κ2) is 15.0. The van der Waals surface area contributed by atoms with Gasteiger partial charge in [0.15, 0.2) is 5.82 Å². The van der Waals surface area contributed by atoms with E-state index in [-0.39, 0.29) is 0 Å². The molecule has 67 heavy (non-hydrogen) atoms. The van der Waals surface area contributed by atoms with E-state index in [1.54, 1.807) is 0 Å². The lowest BCUT2D eigenvalue weighted by molar-refractivity contribution is 1.15. The first kappa shape index (κ1) is 37.9. The largest absolute Gasteiger partial charge is 0.309 e. The molecule has 0 saturated carbocycles. The topological polar surface area (TPSA) is 88.2 Å². The van der Waals surface area contributed by atoms with Gasteiger partial charge in [-0.25, -0.2) is 9.97 Å². The molecule has 9 aromatic carbocycles. The molecule has 0 radical (unpaired) electrons. The number of hydrogen-bond donors (Lipinski definition) is 0. The van der Waals surface area contributed by atoms with Gasteiger partial charge in [0.05, 0.1) is 55.7 Å². The van der Waals surface area contributed by atoms with Crippen molar-refractivity contribution in [2.24, 2.45) is 0 Å². The van der Waals surface area contributed by atoms with Crippen LogP contribution >= 0.6 is 0 Å². The Bertz CT molecular complexity index is 4220. The Labute approximate surface area is 384 Å². The quantitative estimate of drug-likeness (QED) is 0.167. The molecule has 4 heterocycles. The van der Waals surface area contributed by atoms with Crippen LogP contribution in [0.5, 0.6) is 0 Å². The molecule has 4 aromatic heterocycles. The zero-order valence-corrected chi connectivity index (χ0v) is 35.8. The summed E-state index contributed by atoms with van der Waals surface area (Å²) in [5, 5.41) is 28.7. The molecule has 0 aliphatic carbocycles. The smallest absolute Gasteiger partial charge is 0.160 e. The molecule has 7 nitrogen and oxygen atoms in total. The van der Waals surface area contributed by atoms with Gasteiger partial charge in [-0.05, 0) is 78.9 Å². The van der Waals surface area contributed by atoms with Gasteiger partial charge in [0, 0.05) is 60.4 Å². The number of benzene rings is 9. The second-order valence-corrected chi connectivity index (χ2v) is 16.8. The molecule has 0 unspecified atom stereocenters. The number of rotatable bonds is 6. The van der Waals surface area contributed by atoms with Crippen molar-refractivity contribution in [3.63, 3.8) is 0 Å². The second-order valence-electron chi connectivity index (χ2n) is 16.8. The Hall–Kier alpha value is -9.56. The third-order valence-corrected chi connectivity index (χ3v) is 13.1. The molecule has 7 heteroatoms. The summed E-state index contributed by atoms with van der Waals surface area (Å²) >= 11 is 0. The number of nitriles is 2. The first-order valence-electron chi connectivity index (χ1n) is 22.2. The molecule has 0 N–H and O–H groups in total. The van der Waals surface area contributed by atoms with Crippen molar-refractivity contribution >= 4 is 65.4 Å². The van der Waals surface area contributed by atoms with Gasteiger partial charge in [-0.15, -0.1) is 0 Å². The molecule has 0 saturated heterocycles. The minimum absolute atomic E-state index is 0.334. The number of nitrogens with zero attached hydrogens (tertiary/aromatic N) is 7. The van der Waals surface area contributed by atoms with Gasteiger partial charge in [-0.1, -0.05) is 133 Å². The third kappa shape index (κ3) is 5.76. The van der Waals surface area contributed by atoms with E-state index in [9.17, 15) is 10.5 Å². The Morgan fingerprint density at radius 3 is 1.52 bits per heavy atom. The fourth-order valence-corrected chi connectivity index (χ4v) is 10.3. The highest BCUT2D eigenvalue weighted by atomic mass is 15.0. The zero-order valence-electron chi connectivity index (χ0n) is 35.8. The third-order valence-electron chi connectivity index (χ3n) is 13.1. The summed E-state index contributed by atoms with van der Waals surface area (Å²) < 4.78 is 6.84. The van der Waals surface area contributed by atoms with Gasteiger partial charge >= 0.3 is 0 Å². The Morgan fingerprint density at radius 1 is 0.358 bits per heavy atom. The Kier molecular flexibility index (Phi) is 8.51. The molecule has 0 aliphatic rings. The SMILES string of the molecule is N#Cc1cc(-c2nc(-c3ccc4c(c3)c3ccccc3n4-c3ccccc3)nc(-c3ccccc3)c2C#N)ccc1-n1c2ccccc2c2ccc3c(c4ccccc4n3-c3ccccc3)c21. The van der Waals surface area contributed by atoms with Crippen molar-refractivity contribution in [2.45, 2.75) is 0 Å². The molecular formula is C60H35N7. The number of fused-ring (bicyclic) bond motifs is 10. The maximum atomic E-state index is 11.2. The van der Waals surface area contributed by atoms with Crippen LogP contribution in [0.1, 0.15) is 11.1 Å².